The lowest BCUT2D eigenvalue weighted by molar-refractivity contribution is 0.415. The number of para-hydroxylation sites is 2. The van der Waals surface area contributed by atoms with Crippen molar-refractivity contribution >= 4 is 21.9 Å². The number of aryl methyl sites for hydroxylation is 1. The van der Waals surface area contributed by atoms with Gasteiger partial charge in [0, 0.05) is 11.1 Å². The van der Waals surface area contributed by atoms with Crippen LogP contribution in [0.25, 0.3) is 27.6 Å². The van der Waals surface area contributed by atoms with Gasteiger partial charge >= 0.3 is 0 Å². The summed E-state index contributed by atoms with van der Waals surface area (Å²) in [6, 6.07) is 16.1. The highest BCUT2D eigenvalue weighted by atomic mass is 16.5. The van der Waals surface area contributed by atoms with E-state index in [4.69, 9.17) is 4.74 Å². The molecule has 4 aromatic rings. The first-order valence-electron chi connectivity index (χ1n) is 7.14. The Labute approximate surface area is 128 Å². The minimum absolute atomic E-state index is 0.823. The van der Waals surface area contributed by atoms with Crippen LogP contribution in [0.2, 0.25) is 0 Å². The number of benzene rings is 2. The summed E-state index contributed by atoms with van der Waals surface area (Å²) in [7, 11) is 1.68. The van der Waals surface area contributed by atoms with Crippen molar-refractivity contribution in [1.82, 2.24) is 14.5 Å². The van der Waals surface area contributed by atoms with Gasteiger partial charge in [-0.3, -0.25) is 9.55 Å². The van der Waals surface area contributed by atoms with Crippen molar-refractivity contribution in [3.63, 3.8) is 0 Å². The van der Waals surface area contributed by atoms with Crippen molar-refractivity contribution in [2.75, 3.05) is 7.11 Å². The zero-order valence-corrected chi connectivity index (χ0v) is 12.4. The van der Waals surface area contributed by atoms with E-state index in [0.717, 1.165) is 39.1 Å². The number of nitrogens with zero attached hydrogens (tertiary/aromatic N) is 3. The second-order valence-corrected chi connectivity index (χ2v) is 5.27. The second-order valence-electron chi connectivity index (χ2n) is 5.27. The fourth-order valence-corrected chi connectivity index (χ4v) is 2.79. The molecule has 0 bridgehead atoms. The predicted molar refractivity (Wildman–Crippen MR) is 87.7 cm³/mol. The molecule has 0 spiro atoms. The Morgan fingerprint density at radius 1 is 1.00 bits per heavy atom. The molecule has 108 valence electrons. The number of ether oxygens (including phenoxy) is 1. The molecule has 0 amide bonds. The van der Waals surface area contributed by atoms with Gasteiger partial charge in [-0.1, -0.05) is 12.1 Å². The van der Waals surface area contributed by atoms with Gasteiger partial charge in [-0.25, -0.2) is 4.98 Å². The predicted octanol–water partition coefficient (Wildman–Crippen LogP) is 3.89. The van der Waals surface area contributed by atoms with Crippen LogP contribution in [0, 0.1) is 6.92 Å². The van der Waals surface area contributed by atoms with Crippen molar-refractivity contribution in [2.24, 2.45) is 0 Å². The van der Waals surface area contributed by atoms with Gasteiger partial charge in [0.25, 0.3) is 0 Å². The lowest BCUT2D eigenvalue weighted by Gasteiger charge is -2.11. The first-order chi connectivity index (χ1) is 10.8. The zero-order chi connectivity index (χ0) is 15.1. The maximum absolute atomic E-state index is 5.36. The van der Waals surface area contributed by atoms with Crippen molar-refractivity contribution in [1.29, 1.82) is 0 Å². The summed E-state index contributed by atoms with van der Waals surface area (Å²) in [5.41, 5.74) is 5.05. The van der Waals surface area contributed by atoms with Gasteiger partial charge in [0.15, 0.2) is 0 Å². The summed E-state index contributed by atoms with van der Waals surface area (Å²) in [6.07, 6.45) is 1.86. The average molecular weight is 289 g/mol. The van der Waals surface area contributed by atoms with Crippen LogP contribution >= 0.6 is 0 Å². The van der Waals surface area contributed by atoms with Crippen LogP contribution in [0.4, 0.5) is 0 Å². The van der Waals surface area contributed by atoms with E-state index in [-0.39, 0.29) is 0 Å². The molecule has 0 aliphatic carbocycles. The summed E-state index contributed by atoms with van der Waals surface area (Å²) in [5, 5.41) is 1.05. The number of methoxy groups -OCH3 is 1. The van der Waals surface area contributed by atoms with Crippen LogP contribution < -0.4 is 4.74 Å². The number of hydrogen-bond donors (Lipinski definition) is 0. The molecule has 22 heavy (non-hydrogen) atoms. The SMILES string of the molecule is COc1ccc2nc(C)cc(-n3cnc4ccccc43)c2c1. The lowest BCUT2D eigenvalue weighted by Crippen LogP contribution is -1.97. The number of rotatable bonds is 2. The molecule has 4 nitrogen and oxygen atoms in total. The minimum atomic E-state index is 0.823. The molecule has 2 aromatic carbocycles. The van der Waals surface area contributed by atoms with E-state index in [1.54, 1.807) is 7.11 Å². The summed E-state index contributed by atoms with van der Waals surface area (Å²) in [4.78, 5) is 9.10. The first-order valence-corrected chi connectivity index (χ1v) is 7.14. The van der Waals surface area contributed by atoms with E-state index in [1.807, 2.05) is 49.6 Å². The molecular weight excluding hydrogens is 274 g/mol. The highest BCUT2D eigenvalue weighted by Gasteiger charge is 2.10. The molecule has 0 aliphatic heterocycles. The number of pyridine rings is 1. The van der Waals surface area contributed by atoms with Crippen molar-refractivity contribution < 1.29 is 4.74 Å². The Morgan fingerprint density at radius 3 is 2.73 bits per heavy atom. The van der Waals surface area contributed by atoms with E-state index >= 15 is 0 Å². The van der Waals surface area contributed by atoms with Crippen molar-refractivity contribution in [3.05, 3.63) is 60.6 Å². The highest BCUT2D eigenvalue weighted by Crippen LogP contribution is 2.28. The molecule has 0 saturated carbocycles. The fraction of sp³-hybridized carbons (Fsp3) is 0.111. The molecule has 2 aromatic heterocycles. The molecular formula is C18H15N3O. The van der Waals surface area contributed by atoms with Crippen LogP contribution in [0.15, 0.2) is 54.9 Å². The maximum atomic E-state index is 5.36. The van der Waals surface area contributed by atoms with Gasteiger partial charge in [0.05, 0.1) is 29.3 Å². The van der Waals surface area contributed by atoms with E-state index in [1.165, 1.54) is 0 Å². The summed E-state index contributed by atoms with van der Waals surface area (Å²) in [6.45, 7) is 2.01. The quantitative estimate of drug-likeness (QED) is 0.562. The number of fused-ring (bicyclic) bond motifs is 2. The molecule has 4 heteroatoms. The Kier molecular flexibility index (Phi) is 2.82. The molecule has 0 saturated heterocycles. The number of imidazole rings is 1. The Morgan fingerprint density at radius 2 is 1.86 bits per heavy atom. The average Bonchev–Trinajstić information content (AvgIpc) is 2.97. The third kappa shape index (κ3) is 1.92. The Hall–Kier alpha value is -2.88. The molecule has 0 radical (unpaired) electrons. The number of hydrogen-bond acceptors (Lipinski definition) is 3. The Bertz CT molecular complexity index is 988. The van der Waals surface area contributed by atoms with Gasteiger partial charge in [-0.05, 0) is 43.3 Å². The van der Waals surface area contributed by atoms with Crippen LogP contribution in [0.1, 0.15) is 5.69 Å². The smallest absolute Gasteiger partial charge is 0.119 e. The monoisotopic (exact) mass is 289 g/mol. The van der Waals surface area contributed by atoms with Gasteiger partial charge in [0.2, 0.25) is 0 Å². The van der Waals surface area contributed by atoms with Crippen LogP contribution in [-0.4, -0.2) is 21.6 Å². The third-order valence-corrected chi connectivity index (χ3v) is 3.84. The fourth-order valence-electron chi connectivity index (χ4n) is 2.79. The normalized spacial score (nSPS) is 11.2. The number of aromatic nitrogens is 3. The lowest BCUT2D eigenvalue weighted by atomic mass is 10.1. The summed E-state index contributed by atoms with van der Waals surface area (Å²) >= 11 is 0. The molecule has 2 heterocycles. The second kappa shape index (κ2) is 4.84. The minimum Gasteiger partial charge on any atom is -0.497 e. The summed E-state index contributed by atoms with van der Waals surface area (Å²) in [5.74, 6) is 0.823. The van der Waals surface area contributed by atoms with E-state index in [9.17, 15) is 0 Å². The van der Waals surface area contributed by atoms with Crippen LogP contribution in [0.3, 0.4) is 0 Å². The largest absolute Gasteiger partial charge is 0.497 e. The molecule has 0 aliphatic rings. The van der Waals surface area contributed by atoms with Gasteiger partial charge < -0.3 is 4.74 Å². The Balaban J connectivity index is 2.08. The first kappa shape index (κ1) is 12.8. The van der Waals surface area contributed by atoms with Gasteiger partial charge in [0.1, 0.15) is 12.1 Å². The summed E-state index contributed by atoms with van der Waals surface area (Å²) < 4.78 is 7.46. The van der Waals surface area contributed by atoms with E-state index < -0.39 is 0 Å². The third-order valence-electron chi connectivity index (χ3n) is 3.84. The molecule has 0 unspecified atom stereocenters. The van der Waals surface area contributed by atoms with Gasteiger partial charge in [-0.2, -0.15) is 0 Å². The molecule has 0 fully saturated rings. The topological polar surface area (TPSA) is 39.9 Å². The van der Waals surface area contributed by atoms with Crippen LogP contribution in [0.5, 0.6) is 5.75 Å². The van der Waals surface area contributed by atoms with E-state index in [0.29, 0.717) is 0 Å². The highest BCUT2D eigenvalue weighted by molar-refractivity contribution is 5.91. The zero-order valence-electron chi connectivity index (χ0n) is 12.4. The van der Waals surface area contributed by atoms with Crippen LogP contribution in [-0.2, 0) is 0 Å². The van der Waals surface area contributed by atoms with Crippen molar-refractivity contribution in [3.8, 4) is 11.4 Å². The van der Waals surface area contributed by atoms with Gasteiger partial charge in [-0.15, -0.1) is 0 Å². The molecule has 4 rings (SSSR count). The van der Waals surface area contributed by atoms with E-state index in [2.05, 4.69) is 26.7 Å². The molecule has 0 N–H and O–H groups in total. The molecule has 0 atom stereocenters. The van der Waals surface area contributed by atoms with Crippen molar-refractivity contribution in [2.45, 2.75) is 6.92 Å². The maximum Gasteiger partial charge on any atom is 0.119 e. The standard InChI is InChI=1S/C18H15N3O/c1-12-9-18(14-10-13(22-2)7-8-15(14)20-12)21-11-19-16-5-3-4-6-17(16)21/h3-11H,1-2H3.